The Kier molecular flexibility index (Phi) is 4.13. The Morgan fingerprint density at radius 2 is 1.93 bits per heavy atom. The summed E-state index contributed by atoms with van der Waals surface area (Å²) in [4.78, 5) is 10.6. The maximum atomic E-state index is 10.6. The van der Waals surface area contributed by atoms with E-state index in [1.54, 1.807) is 0 Å². The first kappa shape index (κ1) is 10.7. The van der Waals surface area contributed by atoms with Gasteiger partial charge in [0.2, 0.25) is 0 Å². The minimum Gasteiger partial charge on any atom is -0.481 e. The van der Waals surface area contributed by atoms with Crippen molar-refractivity contribution in [2.75, 3.05) is 6.61 Å². The van der Waals surface area contributed by atoms with Crippen LogP contribution in [0.25, 0.3) is 0 Å². The first-order valence-corrected chi connectivity index (χ1v) is 4.61. The van der Waals surface area contributed by atoms with Gasteiger partial charge in [-0.3, -0.25) is 4.79 Å². The molecule has 0 bridgehead atoms. The zero-order chi connectivity index (χ0) is 10.4. The summed E-state index contributed by atoms with van der Waals surface area (Å²) in [6.07, 6.45) is 1.17. The van der Waals surface area contributed by atoms with E-state index in [-0.39, 0.29) is 6.61 Å². The molecule has 1 aromatic rings. The van der Waals surface area contributed by atoms with Gasteiger partial charge in [-0.1, -0.05) is 30.3 Å². The molecule has 0 spiro atoms. The smallest absolute Gasteiger partial charge is 0.308 e. The molecule has 0 heterocycles. The van der Waals surface area contributed by atoms with Gasteiger partial charge in [-0.05, 0) is 18.4 Å². The third kappa shape index (κ3) is 3.18. The van der Waals surface area contributed by atoms with Gasteiger partial charge >= 0.3 is 5.97 Å². The van der Waals surface area contributed by atoms with Gasteiger partial charge in [0, 0.05) is 0 Å². The molecule has 0 saturated heterocycles. The molecule has 0 amide bonds. The molecule has 14 heavy (non-hydrogen) atoms. The third-order valence-electron chi connectivity index (χ3n) is 2.19. The number of rotatable bonds is 5. The summed E-state index contributed by atoms with van der Waals surface area (Å²) >= 11 is 0. The number of carboxylic acid groups (broad SMARTS) is 1. The van der Waals surface area contributed by atoms with Crippen LogP contribution in [0.4, 0.5) is 0 Å². The summed E-state index contributed by atoms with van der Waals surface area (Å²) in [5.41, 5.74) is 1.10. The van der Waals surface area contributed by atoms with Crippen molar-refractivity contribution in [1.29, 1.82) is 0 Å². The van der Waals surface area contributed by atoms with E-state index in [0.717, 1.165) is 5.56 Å². The van der Waals surface area contributed by atoms with Crippen molar-refractivity contribution in [1.82, 2.24) is 0 Å². The first-order valence-electron chi connectivity index (χ1n) is 4.61. The van der Waals surface area contributed by atoms with Crippen molar-refractivity contribution >= 4 is 5.97 Å². The molecule has 2 N–H and O–H groups in total. The Morgan fingerprint density at radius 1 is 1.29 bits per heavy atom. The summed E-state index contributed by atoms with van der Waals surface area (Å²) in [5.74, 6) is -1.57. The van der Waals surface area contributed by atoms with E-state index in [2.05, 4.69) is 0 Å². The highest BCUT2D eigenvalue weighted by Crippen LogP contribution is 2.09. The molecule has 0 unspecified atom stereocenters. The highest BCUT2D eigenvalue weighted by Gasteiger charge is 2.15. The van der Waals surface area contributed by atoms with E-state index >= 15 is 0 Å². The molecule has 3 nitrogen and oxygen atoms in total. The topological polar surface area (TPSA) is 57.5 Å². The van der Waals surface area contributed by atoms with Gasteiger partial charge in [-0.2, -0.15) is 0 Å². The van der Waals surface area contributed by atoms with E-state index in [4.69, 9.17) is 10.2 Å². The zero-order valence-corrected chi connectivity index (χ0v) is 7.89. The van der Waals surface area contributed by atoms with Gasteiger partial charge in [0.25, 0.3) is 0 Å². The molecule has 3 heteroatoms. The number of hydrogen-bond acceptors (Lipinski definition) is 2. The van der Waals surface area contributed by atoms with Crippen LogP contribution in [0.5, 0.6) is 0 Å². The number of aliphatic hydroxyl groups is 1. The van der Waals surface area contributed by atoms with Crippen LogP contribution in [-0.4, -0.2) is 22.8 Å². The average molecular weight is 194 g/mol. The molecule has 1 atom stereocenters. The monoisotopic (exact) mass is 194 g/mol. The molecule has 1 aromatic carbocycles. The van der Waals surface area contributed by atoms with Crippen LogP contribution < -0.4 is 0 Å². The van der Waals surface area contributed by atoms with Gasteiger partial charge in [0.15, 0.2) is 0 Å². The van der Waals surface area contributed by atoms with E-state index < -0.39 is 11.9 Å². The van der Waals surface area contributed by atoms with Gasteiger partial charge in [0.1, 0.15) is 0 Å². The highest BCUT2D eigenvalue weighted by molar-refractivity contribution is 5.70. The van der Waals surface area contributed by atoms with Crippen molar-refractivity contribution in [2.24, 2.45) is 5.92 Å². The van der Waals surface area contributed by atoms with E-state index in [0.29, 0.717) is 12.8 Å². The minimum absolute atomic E-state index is 0.290. The predicted molar refractivity (Wildman–Crippen MR) is 53.0 cm³/mol. The maximum absolute atomic E-state index is 10.6. The molecule has 0 fully saturated rings. The molecule has 0 aliphatic rings. The van der Waals surface area contributed by atoms with Crippen molar-refractivity contribution in [3.8, 4) is 0 Å². The second-order valence-electron chi connectivity index (χ2n) is 3.24. The molecule has 0 radical (unpaired) electrons. The lowest BCUT2D eigenvalue weighted by molar-refractivity contribution is -0.143. The van der Waals surface area contributed by atoms with Gasteiger partial charge in [-0.15, -0.1) is 0 Å². The average Bonchev–Trinajstić information content (AvgIpc) is 2.20. The lowest BCUT2D eigenvalue weighted by Gasteiger charge is -2.08. The fraction of sp³-hybridized carbons (Fsp3) is 0.364. The van der Waals surface area contributed by atoms with Crippen LogP contribution in [0, 0.1) is 5.92 Å². The van der Waals surface area contributed by atoms with Crippen LogP contribution in [0.2, 0.25) is 0 Å². The molecule has 0 aliphatic heterocycles. The predicted octanol–water partition coefficient (Wildman–Crippen LogP) is 1.31. The summed E-state index contributed by atoms with van der Waals surface area (Å²) in [5, 5.41) is 17.5. The Balaban J connectivity index is 2.44. The van der Waals surface area contributed by atoms with Crippen molar-refractivity contribution in [2.45, 2.75) is 12.8 Å². The SMILES string of the molecule is O=C(O)[C@@H](CO)CCc1ccccc1. The van der Waals surface area contributed by atoms with E-state index in [9.17, 15) is 4.79 Å². The molecular formula is C11H14O3. The second kappa shape index (κ2) is 5.40. The summed E-state index contributed by atoms with van der Waals surface area (Å²) in [7, 11) is 0. The highest BCUT2D eigenvalue weighted by atomic mass is 16.4. The van der Waals surface area contributed by atoms with Crippen molar-refractivity contribution in [3.63, 3.8) is 0 Å². The molecular weight excluding hydrogens is 180 g/mol. The molecule has 0 aliphatic carbocycles. The maximum Gasteiger partial charge on any atom is 0.308 e. The summed E-state index contributed by atoms with van der Waals surface area (Å²) in [6, 6.07) is 9.67. The van der Waals surface area contributed by atoms with Crippen LogP contribution in [-0.2, 0) is 11.2 Å². The number of aliphatic hydroxyl groups excluding tert-OH is 1. The third-order valence-corrected chi connectivity index (χ3v) is 2.19. The number of carbonyl (C=O) groups is 1. The minimum atomic E-state index is -0.927. The van der Waals surface area contributed by atoms with Gasteiger partial charge in [-0.25, -0.2) is 0 Å². The number of carboxylic acids is 1. The lowest BCUT2D eigenvalue weighted by atomic mass is 10.0. The van der Waals surface area contributed by atoms with Crippen molar-refractivity contribution < 1.29 is 15.0 Å². The number of benzene rings is 1. The zero-order valence-electron chi connectivity index (χ0n) is 7.89. The molecule has 76 valence electrons. The Bertz CT molecular complexity index is 282. The van der Waals surface area contributed by atoms with Crippen molar-refractivity contribution in [3.05, 3.63) is 35.9 Å². The Labute approximate surface area is 83.0 Å². The normalized spacial score (nSPS) is 12.4. The fourth-order valence-electron chi connectivity index (χ4n) is 1.28. The Morgan fingerprint density at radius 3 is 2.43 bits per heavy atom. The molecule has 0 aromatic heterocycles. The second-order valence-corrected chi connectivity index (χ2v) is 3.24. The van der Waals surface area contributed by atoms with Crippen LogP contribution >= 0.6 is 0 Å². The first-order chi connectivity index (χ1) is 6.74. The van der Waals surface area contributed by atoms with Crippen LogP contribution in [0.3, 0.4) is 0 Å². The summed E-state index contributed by atoms with van der Waals surface area (Å²) in [6.45, 7) is -0.290. The fourth-order valence-corrected chi connectivity index (χ4v) is 1.28. The largest absolute Gasteiger partial charge is 0.481 e. The van der Waals surface area contributed by atoms with E-state index in [1.807, 2.05) is 30.3 Å². The van der Waals surface area contributed by atoms with E-state index in [1.165, 1.54) is 0 Å². The van der Waals surface area contributed by atoms with Gasteiger partial charge < -0.3 is 10.2 Å². The standard InChI is InChI=1S/C11H14O3/c12-8-10(11(13)14)7-6-9-4-2-1-3-5-9/h1-5,10,12H,6-8H2,(H,13,14)/t10-/m1/s1. The Hall–Kier alpha value is -1.35. The number of aryl methyl sites for hydroxylation is 1. The van der Waals surface area contributed by atoms with Crippen LogP contribution in [0.15, 0.2) is 30.3 Å². The molecule has 1 rings (SSSR count). The summed E-state index contributed by atoms with van der Waals surface area (Å²) < 4.78 is 0. The van der Waals surface area contributed by atoms with Crippen LogP contribution in [0.1, 0.15) is 12.0 Å². The van der Waals surface area contributed by atoms with Gasteiger partial charge in [0.05, 0.1) is 12.5 Å². The number of aliphatic carboxylic acids is 1. The molecule has 0 saturated carbocycles. The number of hydrogen-bond donors (Lipinski definition) is 2. The quantitative estimate of drug-likeness (QED) is 0.743. The lowest BCUT2D eigenvalue weighted by Crippen LogP contribution is -2.18.